The van der Waals surface area contributed by atoms with Gasteiger partial charge in [0.1, 0.15) is 5.75 Å². The van der Waals surface area contributed by atoms with Crippen molar-refractivity contribution in [2.24, 2.45) is 0 Å². The molecule has 0 spiro atoms. The van der Waals surface area contributed by atoms with E-state index in [1.165, 1.54) is 88.7 Å². The molecule has 0 unspecified atom stereocenters. The number of benzene rings is 2. The number of phenols is 1. The van der Waals surface area contributed by atoms with Crippen molar-refractivity contribution in [1.82, 2.24) is 0 Å². The Hall–Kier alpha value is -2.29. The van der Waals surface area contributed by atoms with Crippen LogP contribution in [0.4, 0.5) is 5.69 Å². The number of unbranched alkanes of at least 4 members (excludes halogenated alkanes) is 11. The van der Waals surface area contributed by atoms with Gasteiger partial charge < -0.3 is 10.4 Å². The SMILES string of the molecule is CCCCCCCCCCCCCCc1ccc(NC(=O)c2cccc(O)c2)cc1. The summed E-state index contributed by atoms with van der Waals surface area (Å²) in [5, 5.41) is 12.4. The molecule has 0 saturated carbocycles. The average Bonchev–Trinajstić information content (AvgIpc) is 2.75. The lowest BCUT2D eigenvalue weighted by atomic mass is 10.0. The summed E-state index contributed by atoms with van der Waals surface area (Å²) < 4.78 is 0. The van der Waals surface area contributed by atoms with Crippen LogP contribution in [0.3, 0.4) is 0 Å². The Morgan fingerprint density at radius 2 is 1.33 bits per heavy atom. The van der Waals surface area contributed by atoms with Gasteiger partial charge in [-0.2, -0.15) is 0 Å². The van der Waals surface area contributed by atoms with Crippen LogP contribution in [0.2, 0.25) is 0 Å². The molecule has 2 aromatic carbocycles. The Kier molecular flexibility index (Phi) is 11.7. The van der Waals surface area contributed by atoms with Gasteiger partial charge in [0.15, 0.2) is 0 Å². The molecule has 0 aliphatic carbocycles. The number of aryl methyl sites for hydroxylation is 1. The van der Waals surface area contributed by atoms with Crippen LogP contribution in [0.1, 0.15) is 99.9 Å². The molecule has 0 atom stereocenters. The standard InChI is InChI=1S/C27H39NO2/c1-2-3-4-5-6-7-8-9-10-11-12-13-15-23-18-20-25(21-19-23)28-27(30)24-16-14-17-26(29)22-24/h14,16-22,29H,2-13,15H2,1H3,(H,28,30). The van der Waals surface area contributed by atoms with E-state index < -0.39 is 0 Å². The fourth-order valence-electron chi connectivity index (χ4n) is 3.78. The number of anilines is 1. The number of aromatic hydroxyl groups is 1. The molecule has 0 aromatic heterocycles. The third-order valence-electron chi connectivity index (χ3n) is 5.64. The number of amides is 1. The van der Waals surface area contributed by atoms with Crippen molar-refractivity contribution >= 4 is 11.6 Å². The van der Waals surface area contributed by atoms with E-state index >= 15 is 0 Å². The number of rotatable bonds is 15. The van der Waals surface area contributed by atoms with Gasteiger partial charge in [0.25, 0.3) is 5.91 Å². The van der Waals surface area contributed by atoms with E-state index in [-0.39, 0.29) is 11.7 Å². The molecular formula is C27H39NO2. The Morgan fingerprint density at radius 3 is 1.90 bits per heavy atom. The van der Waals surface area contributed by atoms with Crippen molar-refractivity contribution in [3.8, 4) is 5.75 Å². The molecule has 2 aromatic rings. The van der Waals surface area contributed by atoms with Gasteiger partial charge in [0, 0.05) is 11.3 Å². The predicted octanol–water partition coefficient (Wildman–Crippen LogP) is 7.89. The van der Waals surface area contributed by atoms with Crippen molar-refractivity contribution in [3.63, 3.8) is 0 Å². The van der Waals surface area contributed by atoms with Gasteiger partial charge in [-0.15, -0.1) is 0 Å². The molecule has 0 aliphatic rings. The lowest BCUT2D eigenvalue weighted by Gasteiger charge is -2.07. The van der Waals surface area contributed by atoms with E-state index in [2.05, 4.69) is 24.4 Å². The Labute approximate surface area is 182 Å². The lowest BCUT2D eigenvalue weighted by Crippen LogP contribution is -2.11. The van der Waals surface area contributed by atoms with Crippen molar-refractivity contribution in [2.45, 2.75) is 90.4 Å². The molecule has 3 heteroatoms. The molecule has 164 valence electrons. The van der Waals surface area contributed by atoms with E-state index in [9.17, 15) is 9.90 Å². The third-order valence-corrected chi connectivity index (χ3v) is 5.64. The largest absolute Gasteiger partial charge is 0.508 e. The first-order valence-corrected chi connectivity index (χ1v) is 11.9. The zero-order chi connectivity index (χ0) is 21.4. The minimum Gasteiger partial charge on any atom is -0.508 e. The second kappa shape index (κ2) is 14.7. The monoisotopic (exact) mass is 409 g/mol. The van der Waals surface area contributed by atoms with Crippen LogP contribution in [-0.4, -0.2) is 11.0 Å². The van der Waals surface area contributed by atoms with E-state index in [0.717, 1.165) is 12.1 Å². The second-order valence-electron chi connectivity index (χ2n) is 8.34. The summed E-state index contributed by atoms with van der Waals surface area (Å²) in [6.45, 7) is 2.27. The maximum absolute atomic E-state index is 12.2. The van der Waals surface area contributed by atoms with Gasteiger partial charge in [0.05, 0.1) is 0 Å². The van der Waals surface area contributed by atoms with Gasteiger partial charge in [-0.3, -0.25) is 4.79 Å². The first-order chi connectivity index (χ1) is 14.7. The number of hydrogen-bond donors (Lipinski definition) is 2. The van der Waals surface area contributed by atoms with E-state index in [4.69, 9.17) is 0 Å². The number of phenolic OH excluding ortho intramolecular Hbond substituents is 1. The maximum atomic E-state index is 12.2. The highest BCUT2D eigenvalue weighted by molar-refractivity contribution is 6.04. The zero-order valence-electron chi connectivity index (χ0n) is 18.7. The van der Waals surface area contributed by atoms with E-state index in [1.807, 2.05) is 12.1 Å². The topological polar surface area (TPSA) is 49.3 Å². The normalized spacial score (nSPS) is 10.8. The van der Waals surface area contributed by atoms with E-state index in [1.54, 1.807) is 18.2 Å². The summed E-state index contributed by atoms with van der Waals surface area (Å²) in [6, 6.07) is 14.5. The summed E-state index contributed by atoms with van der Waals surface area (Å²) >= 11 is 0. The third kappa shape index (κ3) is 9.96. The molecule has 1 amide bonds. The quantitative estimate of drug-likeness (QED) is 0.294. The van der Waals surface area contributed by atoms with Gasteiger partial charge in [0.2, 0.25) is 0 Å². The fourth-order valence-corrected chi connectivity index (χ4v) is 3.78. The number of nitrogens with one attached hydrogen (secondary N) is 1. The Balaban J connectivity index is 1.53. The molecular weight excluding hydrogens is 370 g/mol. The smallest absolute Gasteiger partial charge is 0.255 e. The molecule has 0 saturated heterocycles. The van der Waals surface area contributed by atoms with Crippen molar-refractivity contribution in [3.05, 3.63) is 59.7 Å². The van der Waals surface area contributed by atoms with Gasteiger partial charge >= 0.3 is 0 Å². The van der Waals surface area contributed by atoms with Crippen LogP contribution < -0.4 is 5.32 Å². The number of carbonyl (C=O) groups excluding carboxylic acids is 1. The van der Waals surface area contributed by atoms with Crippen LogP contribution in [0.25, 0.3) is 0 Å². The van der Waals surface area contributed by atoms with Crippen LogP contribution in [0.5, 0.6) is 5.75 Å². The first kappa shape index (κ1) is 24.0. The van der Waals surface area contributed by atoms with Crippen LogP contribution >= 0.6 is 0 Å². The zero-order valence-corrected chi connectivity index (χ0v) is 18.7. The minimum absolute atomic E-state index is 0.0976. The molecule has 0 radical (unpaired) electrons. The molecule has 0 fully saturated rings. The summed E-state index contributed by atoms with van der Waals surface area (Å²) in [5.41, 5.74) is 2.55. The van der Waals surface area contributed by atoms with Gasteiger partial charge in [-0.25, -0.2) is 0 Å². The highest BCUT2D eigenvalue weighted by Crippen LogP contribution is 2.17. The van der Waals surface area contributed by atoms with Crippen molar-refractivity contribution in [1.29, 1.82) is 0 Å². The number of carbonyl (C=O) groups is 1. The second-order valence-corrected chi connectivity index (χ2v) is 8.34. The first-order valence-electron chi connectivity index (χ1n) is 11.9. The highest BCUT2D eigenvalue weighted by Gasteiger charge is 2.06. The fraction of sp³-hybridized carbons (Fsp3) is 0.519. The molecule has 0 aliphatic heterocycles. The van der Waals surface area contributed by atoms with Crippen molar-refractivity contribution in [2.75, 3.05) is 5.32 Å². The maximum Gasteiger partial charge on any atom is 0.255 e. The predicted molar refractivity (Wildman–Crippen MR) is 127 cm³/mol. The number of hydrogen-bond acceptors (Lipinski definition) is 2. The minimum atomic E-state index is -0.209. The lowest BCUT2D eigenvalue weighted by molar-refractivity contribution is 0.102. The molecule has 0 bridgehead atoms. The summed E-state index contributed by atoms with van der Waals surface area (Å²) in [7, 11) is 0. The average molecular weight is 410 g/mol. The molecule has 3 nitrogen and oxygen atoms in total. The Morgan fingerprint density at radius 1 is 0.767 bits per heavy atom. The van der Waals surface area contributed by atoms with Gasteiger partial charge in [-0.05, 0) is 48.7 Å². The van der Waals surface area contributed by atoms with Crippen LogP contribution in [0.15, 0.2) is 48.5 Å². The molecule has 30 heavy (non-hydrogen) atoms. The van der Waals surface area contributed by atoms with Crippen molar-refractivity contribution < 1.29 is 9.90 Å². The van der Waals surface area contributed by atoms with Crippen LogP contribution in [0, 0.1) is 0 Å². The van der Waals surface area contributed by atoms with Gasteiger partial charge in [-0.1, -0.05) is 95.8 Å². The molecule has 2 rings (SSSR count). The summed E-state index contributed by atoms with van der Waals surface area (Å²) in [5.74, 6) is -0.111. The molecule has 0 heterocycles. The van der Waals surface area contributed by atoms with Crippen LogP contribution in [-0.2, 0) is 6.42 Å². The highest BCUT2D eigenvalue weighted by atomic mass is 16.3. The summed E-state index contributed by atoms with van der Waals surface area (Å²) in [6.07, 6.45) is 17.5. The van der Waals surface area contributed by atoms with E-state index in [0.29, 0.717) is 5.56 Å². The Bertz CT molecular complexity index is 724. The summed E-state index contributed by atoms with van der Waals surface area (Å²) in [4.78, 5) is 12.2. The molecule has 2 N–H and O–H groups in total.